The SMILES string of the molecule is CC(C)[C@@H](Sc1nnc(NCc2ccccc2)s1)C(=O)NC(N)=O. The van der Waals surface area contributed by atoms with E-state index in [1.165, 1.54) is 23.1 Å². The molecule has 1 heterocycles. The Bertz CT molecular complexity index is 690. The smallest absolute Gasteiger partial charge is 0.318 e. The molecule has 9 heteroatoms. The van der Waals surface area contributed by atoms with Crippen LogP contribution < -0.4 is 16.4 Å². The van der Waals surface area contributed by atoms with Crippen LogP contribution in [0, 0.1) is 5.92 Å². The molecule has 7 nitrogen and oxygen atoms in total. The fourth-order valence-corrected chi connectivity index (χ4v) is 3.85. The quantitative estimate of drug-likeness (QED) is 0.650. The van der Waals surface area contributed by atoms with Crippen LogP contribution in [-0.4, -0.2) is 27.4 Å². The largest absolute Gasteiger partial charge is 0.356 e. The minimum Gasteiger partial charge on any atom is -0.356 e. The Kier molecular flexibility index (Phi) is 6.56. The minimum absolute atomic E-state index is 0.0129. The molecule has 0 fully saturated rings. The number of amides is 3. The Labute approximate surface area is 148 Å². The molecule has 2 aromatic rings. The molecule has 2 rings (SSSR count). The summed E-state index contributed by atoms with van der Waals surface area (Å²) in [5.74, 6) is -0.407. The number of hydrogen-bond donors (Lipinski definition) is 3. The number of aromatic nitrogens is 2. The van der Waals surface area contributed by atoms with Crippen molar-refractivity contribution in [3.8, 4) is 0 Å². The van der Waals surface area contributed by atoms with E-state index in [4.69, 9.17) is 5.73 Å². The van der Waals surface area contributed by atoms with Crippen LogP contribution in [0.25, 0.3) is 0 Å². The summed E-state index contributed by atoms with van der Waals surface area (Å²) in [7, 11) is 0. The molecule has 0 unspecified atom stereocenters. The van der Waals surface area contributed by atoms with Crippen LogP contribution >= 0.6 is 23.1 Å². The van der Waals surface area contributed by atoms with Crippen LogP contribution in [-0.2, 0) is 11.3 Å². The third-order valence-electron chi connectivity index (χ3n) is 3.03. The van der Waals surface area contributed by atoms with Crippen LogP contribution in [0.1, 0.15) is 19.4 Å². The van der Waals surface area contributed by atoms with Crippen molar-refractivity contribution in [2.24, 2.45) is 11.7 Å². The van der Waals surface area contributed by atoms with Crippen molar-refractivity contribution in [3.05, 3.63) is 35.9 Å². The van der Waals surface area contributed by atoms with Gasteiger partial charge in [0.1, 0.15) is 0 Å². The first kappa shape index (κ1) is 18.2. The van der Waals surface area contributed by atoms with Gasteiger partial charge in [0, 0.05) is 6.54 Å². The number of nitrogens with zero attached hydrogens (tertiary/aromatic N) is 2. The third kappa shape index (κ3) is 5.50. The molecule has 1 atom stereocenters. The summed E-state index contributed by atoms with van der Waals surface area (Å²) < 4.78 is 0.656. The summed E-state index contributed by atoms with van der Waals surface area (Å²) in [4.78, 5) is 22.9. The van der Waals surface area contributed by atoms with Gasteiger partial charge in [0.15, 0.2) is 4.34 Å². The molecule has 0 aliphatic heterocycles. The maximum Gasteiger partial charge on any atom is 0.318 e. The van der Waals surface area contributed by atoms with Crippen molar-refractivity contribution in [3.63, 3.8) is 0 Å². The van der Waals surface area contributed by atoms with Gasteiger partial charge in [-0.25, -0.2) is 4.79 Å². The molecule has 4 N–H and O–H groups in total. The van der Waals surface area contributed by atoms with E-state index in [1.807, 2.05) is 44.2 Å². The minimum atomic E-state index is -0.853. The predicted molar refractivity (Wildman–Crippen MR) is 95.9 cm³/mol. The Morgan fingerprint density at radius 1 is 1.25 bits per heavy atom. The van der Waals surface area contributed by atoms with E-state index in [9.17, 15) is 9.59 Å². The van der Waals surface area contributed by atoms with E-state index < -0.39 is 17.2 Å². The molecule has 128 valence electrons. The lowest BCUT2D eigenvalue weighted by Gasteiger charge is -2.16. The van der Waals surface area contributed by atoms with Crippen molar-refractivity contribution < 1.29 is 9.59 Å². The highest BCUT2D eigenvalue weighted by molar-refractivity contribution is 8.02. The third-order valence-corrected chi connectivity index (χ3v) is 5.54. The highest BCUT2D eigenvalue weighted by Crippen LogP contribution is 2.32. The summed E-state index contributed by atoms with van der Waals surface area (Å²) in [6.45, 7) is 4.44. The van der Waals surface area contributed by atoms with Gasteiger partial charge in [-0.15, -0.1) is 10.2 Å². The zero-order valence-corrected chi connectivity index (χ0v) is 15.0. The number of urea groups is 1. The van der Waals surface area contributed by atoms with E-state index >= 15 is 0 Å². The number of imide groups is 1. The Morgan fingerprint density at radius 3 is 2.58 bits per heavy atom. The normalized spacial score (nSPS) is 12.0. The van der Waals surface area contributed by atoms with Gasteiger partial charge in [-0.05, 0) is 11.5 Å². The van der Waals surface area contributed by atoms with Gasteiger partial charge >= 0.3 is 6.03 Å². The Morgan fingerprint density at radius 2 is 1.96 bits per heavy atom. The van der Waals surface area contributed by atoms with Gasteiger partial charge < -0.3 is 11.1 Å². The number of nitrogens with one attached hydrogen (secondary N) is 2. The Hall–Kier alpha value is -2.13. The van der Waals surface area contributed by atoms with E-state index in [0.29, 0.717) is 16.0 Å². The number of thioether (sulfide) groups is 1. The number of anilines is 1. The van der Waals surface area contributed by atoms with Gasteiger partial charge in [0.05, 0.1) is 5.25 Å². The summed E-state index contributed by atoms with van der Waals surface area (Å²) in [5.41, 5.74) is 6.15. The number of primary amides is 1. The average molecular weight is 365 g/mol. The molecule has 1 aromatic carbocycles. The van der Waals surface area contributed by atoms with Gasteiger partial charge in [-0.2, -0.15) is 0 Å². The number of nitrogens with two attached hydrogens (primary N) is 1. The number of carbonyl (C=O) groups excluding carboxylic acids is 2. The molecule has 0 aliphatic rings. The van der Waals surface area contributed by atoms with Crippen molar-refractivity contribution in [1.82, 2.24) is 15.5 Å². The van der Waals surface area contributed by atoms with Gasteiger partial charge in [-0.1, -0.05) is 67.3 Å². The van der Waals surface area contributed by atoms with Gasteiger partial charge in [0.25, 0.3) is 0 Å². The van der Waals surface area contributed by atoms with E-state index in [0.717, 1.165) is 5.56 Å². The second-order valence-electron chi connectivity index (χ2n) is 5.35. The highest BCUT2D eigenvalue weighted by Gasteiger charge is 2.26. The molecule has 3 amide bonds. The lowest BCUT2D eigenvalue weighted by molar-refractivity contribution is -0.120. The predicted octanol–water partition coefficient (Wildman–Crippen LogP) is 2.46. The fourth-order valence-electron chi connectivity index (χ4n) is 1.90. The molecule has 0 saturated carbocycles. The second kappa shape index (κ2) is 8.65. The number of rotatable bonds is 7. The van der Waals surface area contributed by atoms with Crippen molar-refractivity contribution in [2.75, 3.05) is 5.32 Å². The summed E-state index contributed by atoms with van der Waals surface area (Å²) in [5, 5.41) is 13.7. The average Bonchev–Trinajstić information content (AvgIpc) is 2.98. The van der Waals surface area contributed by atoms with Crippen LogP contribution in [0.2, 0.25) is 0 Å². The molecule has 1 aromatic heterocycles. The van der Waals surface area contributed by atoms with Crippen LogP contribution in [0.3, 0.4) is 0 Å². The summed E-state index contributed by atoms with van der Waals surface area (Å²) in [6, 6.07) is 9.10. The molecule has 0 aliphatic carbocycles. The monoisotopic (exact) mass is 365 g/mol. The molecule has 0 radical (unpaired) electrons. The number of hydrogen-bond acceptors (Lipinski definition) is 7. The number of benzene rings is 1. The van der Waals surface area contributed by atoms with Crippen LogP contribution in [0.5, 0.6) is 0 Å². The standard InChI is InChI=1S/C15H19N5O2S2/c1-9(2)11(12(21)18-13(16)22)23-15-20-19-14(24-15)17-8-10-6-4-3-5-7-10/h3-7,9,11H,8H2,1-2H3,(H,17,19)(H3,16,18,21,22)/t11-/m1/s1. The first-order chi connectivity index (χ1) is 11.5. The van der Waals surface area contributed by atoms with Crippen LogP contribution in [0.15, 0.2) is 34.7 Å². The summed E-state index contributed by atoms with van der Waals surface area (Å²) in [6.07, 6.45) is 0. The zero-order valence-electron chi connectivity index (χ0n) is 13.4. The van der Waals surface area contributed by atoms with Crippen molar-refractivity contribution in [1.29, 1.82) is 0 Å². The molecule has 24 heavy (non-hydrogen) atoms. The van der Waals surface area contributed by atoms with Gasteiger partial charge in [-0.3, -0.25) is 10.1 Å². The molecule has 0 saturated heterocycles. The van der Waals surface area contributed by atoms with E-state index in [2.05, 4.69) is 20.8 Å². The van der Waals surface area contributed by atoms with Crippen molar-refractivity contribution in [2.45, 2.75) is 30.0 Å². The maximum absolute atomic E-state index is 12.0. The highest BCUT2D eigenvalue weighted by atomic mass is 32.2. The molecule has 0 bridgehead atoms. The fraction of sp³-hybridized carbons (Fsp3) is 0.333. The first-order valence-corrected chi connectivity index (χ1v) is 9.03. The lowest BCUT2D eigenvalue weighted by atomic mass is 10.1. The van der Waals surface area contributed by atoms with Crippen molar-refractivity contribution >= 4 is 40.2 Å². The summed E-state index contributed by atoms with van der Waals surface area (Å²) >= 11 is 2.64. The molecular weight excluding hydrogens is 346 g/mol. The van der Waals surface area contributed by atoms with Crippen LogP contribution in [0.4, 0.5) is 9.93 Å². The molecular formula is C15H19N5O2S2. The van der Waals surface area contributed by atoms with Gasteiger partial charge in [0.2, 0.25) is 11.0 Å². The zero-order chi connectivity index (χ0) is 17.5. The maximum atomic E-state index is 12.0. The first-order valence-electron chi connectivity index (χ1n) is 7.34. The second-order valence-corrected chi connectivity index (χ2v) is 7.71. The lowest BCUT2D eigenvalue weighted by Crippen LogP contribution is -2.42. The topological polar surface area (TPSA) is 110 Å². The number of carbonyl (C=O) groups is 2. The van der Waals surface area contributed by atoms with E-state index in [-0.39, 0.29) is 5.92 Å². The Balaban J connectivity index is 1.95. The molecule has 0 spiro atoms. The van der Waals surface area contributed by atoms with E-state index in [1.54, 1.807) is 0 Å².